The van der Waals surface area contributed by atoms with Crippen molar-refractivity contribution in [2.75, 3.05) is 18.0 Å². The third-order valence-corrected chi connectivity index (χ3v) is 3.21. The van der Waals surface area contributed by atoms with Crippen LogP contribution in [0.1, 0.15) is 19.8 Å². The summed E-state index contributed by atoms with van der Waals surface area (Å²) in [4.78, 5) is 2.21. The molecule has 0 radical (unpaired) electrons. The van der Waals surface area contributed by atoms with Crippen molar-refractivity contribution >= 4 is 5.95 Å². The lowest BCUT2D eigenvalue weighted by atomic mass is 10.4. The number of aromatic nitrogens is 5. The number of nitrogens with zero attached hydrogens (tertiary/aromatic N) is 5. The third-order valence-electron chi connectivity index (χ3n) is 3.21. The molecule has 0 saturated carbocycles. The second-order valence-electron chi connectivity index (χ2n) is 4.36. The van der Waals surface area contributed by atoms with Gasteiger partial charge in [0.2, 0.25) is 11.9 Å². The van der Waals surface area contributed by atoms with Crippen LogP contribution in [0, 0.1) is 5.95 Å². The molecule has 0 unspecified atom stereocenters. The van der Waals surface area contributed by atoms with Gasteiger partial charge in [-0.05, 0) is 19.8 Å². The summed E-state index contributed by atoms with van der Waals surface area (Å²) in [5, 5.41) is 14.5. The van der Waals surface area contributed by atoms with Crippen LogP contribution in [0.4, 0.5) is 10.3 Å². The van der Waals surface area contributed by atoms with Gasteiger partial charge >= 0.3 is 0 Å². The third kappa shape index (κ3) is 1.75. The van der Waals surface area contributed by atoms with E-state index in [-0.39, 0.29) is 0 Å². The fraction of sp³-hybridized carbons (Fsp3) is 0.545. The summed E-state index contributed by atoms with van der Waals surface area (Å²) in [5.74, 6) is 1.01. The molecule has 1 fully saturated rings. The molecule has 0 aliphatic carbocycles. The first-order valence-electron chi connectivity index (χ1n) is 6.19. The smallest absolute Gasteiger partial charge is 0.227 e. The highest BCUT2D eigenvalue weighted by Gasteiger charge is 2.21. The summed E-state index contributed by atoms with van der Waals surface area (Å²) < 4.78 is 14.9. The molecule has 0 aromatic carbocycles. The number of nitrogens with one attached hydrogen (secondary N) is 1. The van der Waals surface area contributed by atoms with E-state index in [1.54, 1.807) is 0 Å². The van der Waals surface area contributed by atoms with Gasteiger partial charge in [-0.2, -0.15) is 9.49 Å². The highest BCUT2D eigenvalue weighted by Crippen LogP contribution is 2.24. The van der Waals surface area contributed by atoms with Crippen LogP contribution in [-0.2, 0) is 6.54 Å². The molecule has 0 bridgehead atoms. The van der Waals surface area contributed by atoms with E-state index in [2.05, 4.69) is 25.3 Å². The monoisotopic (exact) mass is 250 g/mol. The predicted octanol–water partition coefficient (Wildman–Crippen LogP) is 1.43. The van der Waals surface area contributed by atoms with Crippen molar-refractivity contribution < 1.29 is 4.39 Å². The lowest BCUT2D eigenvalue weighted by molar-refractivity contribution is 0.579. The maximum atomic E-state index is 13.0. The molecule has 2 aromatic heterocycles. The van der Waals surface area contributed by atoms with Crippen LogP contribution >= 0.6 is 0 Å². The average molecular weight is 250 g/mol. The van der Waals surface area contributed by atoms with Crippen LogP contribution in [0.2, 0.25) is 0 Å². The summed E-state index contributed by atoms with van der Waals surface area (Å²) in [7, 11) is 0. The van der Waals surface area contributed by atoms with E-state index in [1.165, 1.54) is 18.9 Å². The molecule has 1 aliphatic rings. The summed E-state index contributed by atoms with van der Waals surface area (Å²) in [6, 6.07) is 1.34. The Morgan fingerprint density at radius 2 is 2.11 bits per heavy atom. The molecule has 0 spiro atoms. The summed E-state index contributed by atoms with van der Waals surface area (Å²) in [5.41, 5.74) is 0.493. The molecule has 96 valence electrons. The van der Waals surface area contributed by atoms with Crippen LogP contribution in [0.5, 0.6) is 0 Å². The Balaban J connectivity index is 2.00. The number of rotatable bonds is 3. The number of hydrogen-bond acceptors (Lipinski definition) is 4. The SMILES string of the molecule is CCn1c(-c2cc(F)[nH]n2)nnc1N1CCCC1. The van der Waals surface area contributed by atoms with Gasteiger partial charge in [0, 0.05) is 25.7 Å². The Kier molecular flexibility index (Phi) is 2.73. The van der Waals surface area contributed by atoms with Gasteiger partial charge in [-0.3, -0.25) is 9.67 Å². The van der Waals surface area contributed by atoms with E-state index >= 15 is 0 Å². The molecule has 3 heterocycles. The molecule has 1 saturated heterocycles. The van der Waals surface area contributed by atoms with Gasteiger partial charge < -0.3 is 4.90 Å². The molecular formula is C11H15FN6. The maximum Gasteiger partial charge on any atom is 0.227 e. The van der Waals surface area contributed by atoms with Crippen molar-refractivity contribution in [3.8, 4) is 11.5 Å². The lowest BCUT2D eigenvalue weighted by Gasteiger charge is -2.16. The van der Waals surface area contributed by atoms with Gasteiger partial charge in [0.25, 0.3) is 0 Å². The minimum absolute atomic E-state index is 0.460. The van der Waals surface area contributed by atoms with Crippen LogP contribution in [0.25, 0.3) is 11.5 Å². The van der Waals surface area contributed by atoms with Gasteiger partial charge in [-0.15, -0.1) is 10.2 Å². The topological polar surface area (TPSA) is 62.6 Å². The lowest BCUT2D eigenvalue weighted by Crippen LogP contribution is -2.22. The Morgan fingerprint density at radius 3 is 2.72 bits per heavy atom. The molecule has 18 heavy (non-hydrogen) atoms. The van der Waals surface area contributed by atoms with E-state index < -0.39 is 5.95 Å². The molecule has 6 nitrogen and oxygen atoms in total. The van der Waals surface area contributed by atoms with Gasteiger partial charge in [0.05, 0.1) is 0 Å². The van der Waals surface area contributed by atoms with Crippen LogP contribution in [-0.4, -0.2) is 38.1 Å². The second-order valence-corrected chi connectivity index (χ2v) is 4.36. The molecule has 2 aromatic rings. The molecule has 0 atom stereocenters. The Hall–Kier alpha value is -1.92. The molecule has 0 amide bonds. The Labute approximate surface area is 104 Å². The largest absolute Gasteiger partial charge is 0.341 e. The first kappa shape index (κ1) is 11.2. The van der Waals surface area contributed by atoms with Crippen molar-refractivity contribution in [2.45, 2.75) is 26.3 Å². The van der Waals surface area contributed by atoms with Crippen LogP contribution in [0.3, 0.4) is 0 Å². The summed E-state index contributed by atoms with van der Waals surface area (Å²) >= 11 is 0. The standard InChI is InChI=1S/C11H15FN6/c1-2-18-10(8-7-9(12)14-13-8)15-16-11(18)17-5-3-4-6-17/h7H,2-6H2,1H3,(H,13,14). The quantitative estimate of drug-likeness (QED) is 0.895. The van der Waals surface area contributed by atoms with Gasteiger partial charge in [-0.1, -0.05) is 0 Å². The van der Waals surface area contributed by atoms with Crippen molar-refractivity contribution in [3.05, 3.63) is 12.0 Å². The highest BCUT2D eigenvalue weighted by atomic mass is 19.1. The summed E-state index contributed by atoms with van der Waals surface area (Å²) in [6.45, 7) is 4.78. The predicted molar refractivity (Wildman–Crippen MR) is 64.7 cm³/mol. The minimum atomic E-state index is -0.460. The van der Waals surface area contributed by atoms with E-state index in [4.69, 9.17) is 0 Å². The summed E-state index contributed by atoms with van der Waals surface area (Å²) in [6.07, 6.45) is 2.37. The molecule has 3 rings (SSSR count). The van der Waals surface area contributed by atoms with Crippen molar-refractivity contribution in [3.63, 3.8) is 0 Å². The van der Waals surface area contributed by atoms with E-state index in [9.17, 15) is 4.39 Å². The van der Waals surface area contributed by atoms with Crippen molar-refractivity contribution in [2.24, 2.45) is 0 Å². The zero-order chi connectivity index (χ0) is 12.5. The number of halogens is 1. The first-order valence-corrected chi connectivity index (χ1v) is 6.19. The Bertz CT molecular complexity index is 539. The fourth-order valence-electron chi connectivity index (χ4n) is 2.34. The number of anilines is 1. The Morgan fingerprint density at radius 1 is 1.33 bits per heavy atom. The second kappa shape index (κ2) is 4.40. The molecular weight excluding hydrogens is 235 g/mol. The van der Waals surface area contributed by atoms with Crippen molar-refractivity contribution in [1.29, 1.82) is 0 Å². The number of H-pyrrole nitrogens is 1. The number of hydrogen-bond donors (Lipinski definition) is 1. The molecule has 1 N–H and O–H groups in total. The minimum Gasteiger partial charge on any atom is -0.341 e. The average Bonchev–Trinajstić information content (AvgIpc) is 3.07. The van der Waals surface area contributed by atoms with Crippen molar-refractivity contribution in [1.82, 2.24) is 25.0 Å². The van der Waals surface area contributed by atoms with E-state index in [0.29, 0.717) is 11.5 Å². The van der Waals surface area contributed by atoms with Crippen LogP contribution < -0.4 is 4.90 Å². The van der Waals surface area contributed by atoms with Gasteiger partial charge in [0.15, 0.2) is 5.82 Å². The maximum absolute atomic E-state index is 13.0. The molecule has 7 heteroatoms. The normalized spacial score (nSPS) is 15.6. The number of aromatic amines is 1. The van der Waals surface area contributed by atoms with E-state index in [1.807, 2.05) is 11.5 Å². The first-order chi connectivity index (χ1) is 8.79. The van der Waals surface area contributed by atoms with Gasteiger partial charge in [-0.25, -0.2) is 0 Å². The fourth-order valence-corrected chi connectivity index (χ4v) is 2.34. The highest BCUT2D eigenvalue weighted by molar-refractivity contribution is 5.52. The van der Waals surface area contributed by atoms with E-state index in [0.717, 1.165) is 25.6 Å². The zero-order valence-corrected chi connectivity index (χ0v) is 10.2. The van der Waals surface area contributed by atoms with Crippen LogP contribution in [0.15, 0.2) is 6.07 Å². The van der Waals surface area contributed by atoms with Gasteiger partial charge in [0.1, 0.15) is 5.69 Å². The molecule has 1 aliphatic heterocycles. The zero-order valence-electron chi connectivity index (χ0n) is 10.2.